The molecule has 1 aromatic rings. The van der Waals surface area contributed by atoms with Crippen molar-refractivity contribution in [3.05, 3.63) is 24.0 Å². The topological polar surface area (TPSA) is 80.5 Å². The number of carbonyl (C=O) groups excluding carboxylic acids is 1. The van der Waals surface area contributed by atoms with E-state index in [1.54, 1.807) is 19.4 Å². The van der Waals surface area contributed by atoms with Gasteiger partial charge in [0.1, 0.15) is 0 Å². The number of nitrogens with zero attached hydrogens (tertiary/aromatic N) is 2. The summed E-state index contributed by atoms with van der Waals surface area (Å²) in [4.78, 5) is 17.7. The monoisotopic (exact) mass is 324 g/mol. The summed E-state index contributed by atoms with van der Waals surface area (Å²) in [5.74, 6) is -0.194. The number of hydrogen-bond acceptors (Lipinski definition) is 5. The summed E-state index contributed by atoms with van der Waals surface area (Å²) < 4.78 is 4.97. The Bertz CT molecular complexity index is 393. The van der Waals surface area contributed by atoms with Gasteiger partial charge in [0.15, 0.2) is 0 Å². The lowest BCUT2D eigenvalue weighted by Gasteiger charge is -2.16. The molecule has 0 atom stereocenters. The quantitative estimate of drug-likeness (QED) is 0.776. The third-order valence-electron chi connectivity index (χ3n) is 2.56. The molecule has 0 aliphatic heterocycles. The van der Waals surface area contributed by atoms with Gasteiger partial charge in [-0.15, -0.1) is 24.8 Å². The minimum Gasteiger partial charge on any atom is -0.398 e. The normalized spacial score (nSPS) is 9.55. The van der Waals surface area contributed by atoms with Crippen LogP contribution in [0.3, 0.4) is 0 Å². The van der Waals surface area contributed by atoms with Gasteiger partial charge in [-0.25, -0.2) is 0 Å². The zero-order valence-corrected chi connectivity index (χ0v) is 13.3. The van der Waals surface area contributed by atoms with Crippen molar-refractivity contribution in [2.45, 2.75) is 0 Å². The van der Waals surface area contributed by atoms with E-state index in [0.717, 1.165) is 13.1 Å². The highest BCUT2D eigenvalue weighted by molar-refractivity contribution is 5.98. The number of rotatable bonds is 7. The number of likely N-dealkylation sites (N-methyl/N-ethyl adjacent to an activating group) is 1. The van der Waals surface area contributed by atoms with E-state index in [0.29, 0.717) is 24.4 Å². The van der Waals surface area contributed by atoms with Crippen LogP contribution in [-0.4, -0.2) is 56.2 Å². The average Bonchev–Trinajstić information content (AvgIpc) is 2.36. The lowest BCUT2D eigenvalue weighted by atomic mass is 10.2. The Labute approximate surface area is 131 Å². The fraction of sp³-hybridized carbons (Fsp3) is 0.500. The fourth-order valence-corrected chi connectivity index (χ4v) is 1.41. The maximum atomic E-state index is 11.8. The number of nitrogens with two attached hydrogens (primary N) is 1. The first kappa shape index (κ1) is 21.2. The van der Waals surface area contributed by atoms with Gasteiger partial charge in [-0.2, -0.15) is 0 Å². The molecule has 0 saturated carbocycles. The molecule has 1 rings (SSSR count). The van der Waals surface area contributed by atoms with Crippen LogP contribution in [0.25, 0.3) is 0 Å². The molecular formula is C12H22Cl2N4O2. The van der Waals surface area contributed by atoms with Crippen LogP contribution in [-0.2, 0) is 4.74 Å². The highest BCUT2D eigenvalue weighted by Crippen LogP contribution is 2.07. The van der Waals surface area contributed by atoms with Crippen LogP contribution in [0.1, 0.15) is 10.4 Å². The molecule has 8 heteroatoms. The van der Waals surface area contributed by atoms with Crippen LogP contribution in [0, 0.1) is 0 Å². The molecule has 0 unspecified atom stereocenters. The van der Waals surface area contributed by atoms with Gasteiger partial charge in [-0.3, -0.25) is 9.78 Å². The van der Waals surface area contributed by atoms with Gasteiger partial charge in [0.25, 0.3) is 5.91 Å². The molecule has 0 saturated heterocycles. The van der Waals surface area contributed by atoms with Crippen LogP contribution in [0.4, 0.5) is 5.69 Å². The van der Waals surface area contributed by atoms with E-state index >= 15 is 0 Å². The lowest BCUT2D eigenvalue weighted by molar-refractivity contribution is 0.0948. The van der Waals surface area contributed by atoms with E-state index in [1.807, 2.05) is 7.05 Å². The van der Waals surface area contributed by atoms with Crippen LogP contribution in [0.15, 0.2) is 18.5 Å². The summed E-state index contributed by atoms with van der Waals surface area (Å²) in [6.45, 7) is 2.84. The molecule has 1 heterocycles. The van der Waals surface area contributed by atoms with Gasteiger partial charge < -0.3 is 20.7 Å². The maximum Gasteiger partial charge on any atom is 0.254 e. The van der Waals surface area contributed by atoms with E-state index in [9.17, 15) is 4.79 Å². The van der Waals surface area contributed by atoms with Crippen LogP contribution >= 0.6 is 24.8 Å². The summed E-state index contributed by atoms with van der Waals surface area (Å²) in [6.07, 6.45) is 3.03. The third kappa shape index (κ3) is 7.49. The number of ether oxygens (including phenoxy) is 1. The minimum atomic E-state index is -0.194. The minimum absolute atomic E-state index is 0. The zero-order chi connectivity index (χ0) is 13.4. The van der Waals surface area contributed by atoms with Crippen LogP contribution < -0.4 is 11.1 Å². The largest absolute Gasteiger partial charge is 0.398 e. The summed E-state index contributed by atoms with van der Waals surface area (Å²) in [6, 6.07) is 1.61. The molecule has 20 heavy (non-hydrogen) atoms. The molecule has 0 aliphatic rings. The van der Waals surface area contributed by atoms with Crippen LogP contribution in [0.2, 0.25) is 0 Å². The van der Waals surface area contributed by atoms with E-state index in [1.165, 1.54) is 6.20 Å². The molecular weight excluding hydrogens is 303 g/mol. The molecule has 6 nitrogen and oxygen atoms in total. The zero-order valence-electron chi connectivity index (χ0n) is 11.7. The Balaban J connectivity index is 0. The second-order valence-corrected chi connectivity index (χ2v) is 4.01. The Morgan fingerprint density at radius 3 is 2.75 bits per heavy atom. The van der Waals surface area contributed by atoms with Crippen molar-refractivity contribution in [3.63, 3.8) is 0 Å². The average molecular weight is 325 g/mol. The Kier molecular flexibility index (Phi) is 12.4. The van der Waals surface area contributed by atoms with Crippen molar-refractivity contribution in [1.29, 1.82) is 0 Å². The number of aromatic nitrogens is 1. The highest BCUT2D eigenvalue weighted by Gasteiger charge is 2.08. The molecule has 0 spiro atoms. The predicted octanol–water partition coefficient (Wildman–Crippen LogP) is 0.815. The third-order valence-corrected chi connectivity index (χ3v) is 2.56. The van der Waals surface area contributed by atoms with Crippen molar-refractivity contribution in [2.24, 2.45) is 0 Å². The first-order valence-corrected chi connectivity index (χ1v) is 5.80. The first-order valence-electron chi connectivity index (χ1n) is 5.80. The summed E-state index contributed by atoms with van der Waals surface area (Å²) in [7, 11) is 3.64. The van der Waals surface area contributed by atoms with E-state index in [4.69, 9.17) is 10.5 Å². The summed E-state index contributed by atoms with van der Waals surface area (Å²) in [5, 5.41) is 2.81. The first-order chi connectivity index (χ1) is 8.65. The molecule has 3 N–H and O–H groups in total. The number of anilines is 1. The van der Waals surface area contributed by atoms with Crippen molar-refractivity contribution < 1.29 is 9.53 Å². The maximum absolute atomic E-state index is 11.8. The van der Waals surface area contributed by atoms with Gasteiger partial charge in [-0.05, 0) is 13.1 Å². The molecule has 0 fully saturated rings. The SMILES string of the molecule is COCCN(C)CCNC(=O)c1cnccc1N.Cl.Cl. The van der Waals surface area contributed by atoms with Gasteiger partial charge in [0.05, 0.1) is 12.2 Å². The second kappa shape index (κ2) is 11.7. The fourth-order valence-electron chi connectivity index (χ4n) is 1.41. The molecule has 0 radical (unpaired) electrons. The number of halogens is 2. The van der Waals surface area contributed by atoms with Gasteiger partial charge in [0.2, 0.25) is 0 Å². The highest BCUT2D eigenvalue weighted by atomic mass is 35.5. The smallest absolute Gasteiger partial charge is 0.254 e. The standard InChI is InChI=1S/C12H20N4O2.2ClH/c1-16(7-8-18-2)6-5-15-12(17)10-9-14-4-3-11(10)13;;/h3-4,9H,5-8H2,1-2H3,(H2,13,14)(H,15,17);2*1H. The second-order valence-electron chi connectivity index (χ2n) is 4.01. The Hall–Kier alpha value is -1.08. The van der Waals surface area contributed by atoms with Crippen molar-refractivity contribution in [2.75, 3.05) is 46.1 Å². The molecule has 0 bridgehead atoms. The number of carbonyl (C=O) groups is 1. The molecule has 1 amide bonds. The number of amides is 1. The number of pyridine rings is 1. The molecule has 116 valence electrons. The van der Waals surface area contributed by atoms with Crippen molar-refractivity contribution >= 4 is 36.4 Å². The molecule has 0 aliphatic carbocycles. The molecule has 1 aromatic heterocycles. The molecule has 0 aromatic carbocycles. The van der Waals surface area contributed by atoms with Gasteiger partial charge >= 0.3 is 0 Å². The lowest BCUT2D eigenvalue weighted by Crippen LogP contribution is -2.34. The van der Waals surface area contributed by atoms with E-state index in [-0.39, 0.29) is 30.7 Å². The number of methoxy groups -OCH3 is 1. The Morgan fingerprint density at radius 1 is 1.45 bits per heavy atom. The Morgan fingerprint density at radius 2 is 2.15 bits per heavy atom. The van der Waals surface area contributed by atoms with E-state index in [2.05, 4.69) is 15.2 Å². The van der Waals surface area contributed by atoms with Gasteiger partial charge in [0, 0.05) is 44.8 Å². The van der Waals surface area contributed by atoms with Gasteiger partial charge in [-0.1, -0.05) is 0 Å². The predicted molar refractivity (Wildman–Crippen MR) is 84.9 cm³/mol. The number of hydrogen-bond donors (Lipinski definition) is 2. The van der Waals surface area contributed by atoms with Crippen molar-refractivity contribution in [1.82, 2.24) is 15.2 Å². The number of nitrogen functional groups attached to an aromatic ring is 1. The summed E-state index contributed by atoms with van der Waals surface area (Å²) in [5.41, 5.74) is 6.54. The van der Waals surface area contributed by atoms with Crippen LogP contribution in [0.5, 0.6) is 0 Å². The number of nitrogens with one attached hydrogen (secondary N) is 1. The van der Waals surface area contributed by atoms with Crippen molar-refractivity contribution in [3.8, 4) is 0 Å². The van der Waals surface area contributed by atoms with E-state index < -0.39 is 0 Å². The summed E-state index contributed by atoms with van der Waals surface area (Å²) >= 11 is 0.